The average molecular weight is 820 g/mol. The summed E-state index contributed by atoms with van der Waals surface area (Å²) in [5.41, 5.74) is 0. The molecular weight excluding hydrogens is 737 g/mol. The molecule has 2 unspecified atom stereocenters. The Balaban J connectivity index is 3.69. The summed E-state index contributed by atoms with van der Waals surface area (Å²) in [5, 5.41) is 12.7. The molecule has 0 bridgehead atoms. The lowest BCUT2D eigenvalue weighted by molar-refractivity contribution is -0.147. The lowest BCUT2D eigenvalue weighted by Gasteiger charge is -2.15. The van der Waals surface area contributed by atoms with E-state index in [9.17, 15) is 24.2 Å². The molecule has 0 heterocycles. The molecule has 57 heavy (non-hydrogen) atoms. The fourth-order valence-electron chi connectivity index (χ4n) is 5.79. The molecule has 0 aliphatic carbocycles. The van der Waals surface area contributed by atoms with Gasteiger partial charge < -0.3 is 20.1 Å². The minimum atomic E-state index is -4.43. The maximum absolute atomic E-state index is 12.1. The number of aliphatic hydroxyl groups excluding tert-OH is 1. The van der Waals surface area contributed by atoms with Gasteiger partial charge in [0.05, 0.1) is 13.2 Å². The van der Waals surface area contributed by atoms with Crippen molar-refractivity contribution < 1.29 is 37.9 Å². The number of amides is 1. The van der Waals surface area contributed by atoms with E-state index < -0.39 is 26.5 Å². The maximum atomic E-state index is 12.1. The molecule has 0 spiro atoms. The van der Waals surface area contributed by atoms with Crippen LogP contribution in [0.4, 0.5) is 0 Å². The molecule has 0 aromatic rings. The number of aliphatic hydroxyl groups is 1. The van der Waals surface area contributed by atoms with Crippen LogP contribution in [0.1, 0.15) is 181 Å². The number of ether oxygens (including phenoxy) is 1. The second-order valence-electron chi connectivity index (χ2n) is 14.6. The lowest BCUT2D eigenvalue weighted by atomic mass is 10.0. The first kappa shape index (κ1) is 54.5. The van der Waals surface area contributed by atoms with Crippen molar-refractivity contribution in [1.82, 2.24) is 5.32 Å². The molecule has 9 nitrogen and oxygen atoms in total. The highest BCUT2D eigenvalue weighted by molar-refractivity contribution is 7.47. The third kappa shape index (κ3) is 44.4. The largest absolute Gasteiger partial charge is 0.472 e. The topological polar surface area (TPSA) is 131 Å². The summed E-state index contributed by atoms with van der Waals surface area (Å²) < 4.78 is 26.9. The molecule has 0 saturated carbocycles. The number of esters is 1. The Kier molecular flexibility index (Phi) is 41.1. The van der Waals surface area contributed by atoms with E-state index >= 15 is 0 Å². The minimum Gasteiger partial charge on any atom is -0.463 e. The predicted octanol–water partition coefficient (Wildman–Crippen LogP) is 12.7. The van der Waals surface area contributed by atoms with Gasteiger partial charge in [0.2, 0.25) is 5.91 Å². The Morgan fingerprint density at radius 1 is 0.561 bits per heavy atom. The standard InChI is InChI=1S/C47H82NO8P/c1-3-5-7-9-11-13-15-17-19-20-21-22-23-24-26-28-30-32-34-36-38-40-47(51)54-43-45(49)44-56-57(52,53)55-42-41-48-46(50)39-37-35-33-31-29-27-25-18-16-14-12-10-8-6-4-2/h5,7,11,13,17,19,21-22,24,26,30,32,45,49H,3-4,6,8-10,12,14-16,18,20,23,25,27-29,31,33-44H2,1-2H3,(H,48,50)(H,52,53)/b7-5-,13-11-,19-17-,22-21-,26-24-,32-30-. The van der Waals surface area contributed by atoms with Crippen LogP contribution in [0.15, 0.2) is 72.9 Å². The summed E-state index contributed by atoms with van der Waals surface area (Å²) in [4.78, 5) is 33.9. The van der Waals surface area contributed by atoms with Crippen LogP contribution >= 0.6 is 7.82 Å². The smallest absolute Gasteiger partial charge is 0.463 e. The number of hydrogen-bond acceptors (Lipinski definition) is 7. The number of carbonyl (C=O) groups is 2. The minimum absolute atomic E-state index is 0.0751. The highest BCUT2D eigenvalue weighted by Crippen LogP contribution is 2.42. The molecule has 0 aliphatic rings. The van der Waals surface area contributed by atoms with Crippen LogP contribution in [0.3, 0.4) is 0 Å². The van der Waals surface area contributed by atoms with Crippen molar-refractivity contribution >= 4 is 19.7 Å². The van der Waals surface area contributed by atoms with Crippen LogP contribution in [0.5, 0.6) is 0 Å². The second-order valence-corrected chi connectivity index (χ2v) is 16.1. The normalized spacial score (nSPS) is 14.0. The predicted molar refractivity (Wildman–Crippen MR) is 238 cm³/mol. The third-order valence-electron chi connectivity index (χ3n) is 9.15. The fraction of sp³-hybridized carbons (Fsp3) is 0.702. The summed E-state index contributed by atoms with van der Waals surface area (Å²) in [6.07, 6.45) is 52.6. The Morgan fingerprint density at radius 2 is 1.00 bits per heavy atom. The van der Waals surface area contributed by atoms with Crippen LogP contribution in [0, 0.1) is 0 Å². The number of phosphoric acid groups is 1. The van der Waals surface area contributed by atoms with E-state index in [-0.39, 0.29) is 32.1 Å². The molecule has 0 rings (SSSR count). The Morgan fingerprint density at radius 3 is 1.49 bits per heavy atom. The van der Waals surface area contributed by atoms with Gasteiger partial charge in [0.25, 0.3) is 0 Å². The first-order valence-corrected chi connectivity index (χ1v) is 23.9. The Labute approximate surface area is 348 Å². The molecule has 0 aliphatic heterocycles. The zero-order valence-corrected chi connectivity index (χ0v) is 36.9. The van der Waals surface area contributed by atoms with Crippen molar-refractivity contribution in [1.29, 1.82) is 0 Å². The van der Waals surface area contributed by atoms with E-state index in [1.165, 1.54) is 77.0 Å². The highest BCUT2D eigenvalue weighted by atomic mass is 31.2. The van der Waals surface area contributed by atoms with Crippen molar-refractivity contribution in [2.45, 2.75) is 187 Å². The molecule has 328 valence electrons. The first-order chi connectivity index (χ1) is 27.8. The Hall–Kier alpha value is -2.55. The second kappa shape index (κ2) is 43.0. The number of carbonyl (C=O) groups excluding carboxylic acids is 2. The van der Waals surface area contributed by atoms with Gasteiger partial charge in [0, 0.05) is 19.4 Å². The summed E-state index contributed by atoms with van der Waals surface area (Å²) in [5.74, 6) is -0.562. The van der Waals surface area contributed by atoms with Crippen molar-refractivity contribution in [2.24, 2.45) is 0 Å². The molecule has 0 radical (unpaired) electrons. The van der Waals surface area contributed by atoms with Crippen LogP contribution in [0.25, 0.3) is 0 Å². The van der Waals surface area contributed by atoms with Gasteiger partial charge in [-0.15, -0.1) is 0 Å². The van der Waals surface area contributed by atoms with Crippen LogP contribution in [-0.2, 0) is 27.9 Å². The van der Waals surface area contributed by atoms with Crippen molar-refractivity contribution in [2.75, 3.05) is 26.4 Å². The van der Waals surface area contributed by atoms with E-state index in [4.69, 9.17) is 13.8 Å². The van der Waals surface area contributed by atoms with Gasteiger partial charge in [-0.25, -0.2) is 4.57 Å². The fourth-order valence-corrected chi connectivity index (χ4v) is 6.55. The van der Waals surface area contributed by atoms with Gasteiger partial charge >= 0.3 is 13.8 Å². The van der Waals surface area contributed by atoms with E-state index in [0.717, 1.165) is 70.6 Å². The first-order valence-electron chi connectivity index (χ1n) is 22.4. The average Bonchev–Trinajstić information content (AvgIpc) is 3.20. The van der Waals surface area contributed by atoms with Crippen LogP contribution in [-0.4, -0.2) is 54.3 Å². The molecule has 0 aromatic carbocycles. The summed E-state index contributed by atoms with van der Waals surface area (Å²) in [6, 6.07) is 0. The molecule has 3 N–H and O–H groups in total. The number of rotatable bonds is 41. The zero-order chi connectivity index (χ0) is 41.8. The SMILES string of the molecule is CC/C=C\C/C=C\C/C=C\C/C=C\C/C=C\C/C=C\CCCCC(=O)OCC(O)COP(=O)(O)OCCNC(=O)CCCCCCCCCCCCCCCCC. The van der Waals surface area contributed by atoms with Gasteiger partial charge in [0.1, 0.15) is 12.7 Å². The van der Waals surface area contributed by atoms with E-state index in [2.05, 4.69) is 92.1 Å². The van der Waals surface area contributed by atoms with Crippen molar-refractivity contribution in [3.63, 3.8) is 0 Å². The number of nitrogens with one attached hydrogen (secondary N) is 1. The zero-order valence-electron chi connectivity index (χ0n) is 36.0. The maximum Gasteiger partial charge on any atom is 0.472 e. The van der Waals surface area contributed by atoms with Crippen LogP contribution < -0.4 is 5.32 Å². The molecule has 2 atom stereocenters. The number of unbranched alkanes of at least 4 members (excludes halogenated alkanes) is 16. The van der Waals surface area contributed by atoms with Gasteiger partial charge in [-0.3, -0.25) is 18.6 Å². The van der Waals surface area contributed by atoms with Crippen molar-refractivity contribution in [3.05, 3.63) is 72.9 Å². The van der Waals surface area contributed by atoms with Crippen LogP contribution in [0.2, 0.25) is 0 Å². The molecule has 0 saturated heterocycles. The van der Waals surface area contributed by atoms with Gasteiger partial charge in [-0.2, -0.15) is 0 Å². The molecule has 0 aromatic heterocycles. The van der Waals surface area contributed by atoms with Gasteiger partial charge in [0.15, 0.2) is 0 Å². The van der Waals surface area contributed by atoms with E-state index in [0.29, 0.717) is 12.8 Å². The van der Waals surface area contributed by atoms with E-state index in [1.807, 2.05) is 0 Å². The van der Waals surface area contributed by atoms with Gasteiger partial charge in [-0.05, 0) is 64.2 Å². The highest BCUT2D eigenvalue weighted by Gasteiger charge is 2.23. The number of phosphoric ester groups is 1. The monoisotopic (exact) mass is 820 g/mol. The molecule has 10 heteroatoms. The third-order valence-corrected chi connectivity index (χ3v) is 10.1. The lowest BCUT2D eigenvalue weighted by Crippen LogP contribution is -2.27. The van der Waals surface area contributed by atoms with Crippen molar-refractivity contribution in [3.8, 4) is 0 Å². The molecule has 1 amide bonds. The quantitative estimate of drug-likeness (QED) is 0.0240. The van der Waals surface area contributed by atoms with E-state index in [1.54, 1.807) is 0 Å². The molecule has 0 fully saturated rings. The number of hydrogen-bond donors (Lipinski definition) is 3. The summed E-state index contributed by atoms with van der Waals surface area (Å²) in [7, 11) is -4.43. The summed E-state index contributed by atoms with van der Waals surface area (Å²) >= 11 is 0. The number of allylic oxidation sites excluding steroid dienone is 12. The molecular formula is C47H82NO8P. The van der Waals surface area contributed by atoms with Gasteiger partial charge in [-0.1, -0.05) is 177 Å². The summed E-state index contributed by atoms with van der Waals surface area (Å²) in [6.45, 7) is 3.39. The Bertz CT molecular complexity index is 1160.